The molecule has 0 N–H and O–H groups in total. The van der Waals surface area contributed by atoms with Crippen molar-refractivity contribution in [1.29, 1.82) is 0 Å². The van der Waals surface area contributed by atoms with Crippen LogP contribution in [0.3, 0.4) is 0 Å². The average Bonchev–Trinajstić information content (AvgIpc) is 3.00. The van der Waals surface area contributed by atoms with Crippen LogP contribution < -0.4 is 0 Å². The van der Waals surface area contributed by atoms with Crippen molar-refractivity contribution in [3.8, 4) is 0 Å². The molecule has 3 rings (SSSR count). The molecule has 2 heterocycles. The molecule has 0 unspecified atom stereocenters. The quantitative estimate of drug-likeness (QED) is 0.559. The minimum Gasteiger partial charge on any atom is -0.444 e. The van der Waals surface area contributed by atoms with Gasteiger partial charge in [-0.25, -0.2) is 9.78 Å². The van der Waals surface area contributed by atoms with Gasteiger partial charge in [0, 0.05) is 31.9 Å². The Bertz CT molecular complexity index is 701. The van der Waals surface area contributed by atoms with Gasteiger partial charge >= 0.3 is 6.09 Å². The van der Waals surface area contributed by atoms with Gasteiger partial charge < -0.3 is 9.64 Å². The number of fused-ring (bicyclic) bond motifs is 1. The molecule has 2 aromatic rings. The maximum atomic E-state index is 12.1. The first-order chi connectivity index (χ1) is 12.4. The minimum atomic E-state index is -0.425. The average molecular weight is 394 g/mol. The monoisotopic (exact) mass is 393 g/mol. The molecule has 1 aromatic heterocycles. The summed E-state index contributed by atoms with van der Waals surface area (Å²) in [5.41, 5.74) is 0.671. The van der Waals surface area contributed by atoms with Gasteiger partial charge in [-0.15, -0.1) is 11.3 Å². The summed E-state index contributed by atoms with van der Waals surface area (Å²) in [5, 5.41) is 0. The summed E-state index contributed by atoms with van der Waals surface area (Å²) >= 11 is 3.61. The molecule has 1 saturated heterocycles. The van der Waals surface area contributed by atoms with Crippen molar-refractivity contribution in [2.24, 2.45) is 0 Å². The van der Waals surface area contributed by atoms with Crippen LogP contribution in [0.2, 0.25) is 0 Å². The Morgan fingerprint density at radius 3 is 2.65 bits per heavy atom. The van der Waals surface area contributed by atoms with E-state index in [9.17, 15) is 4.79 Å². The van der Waals surface area contributed by atoms with Crippen LogP contribution in [0.4, 0.5) is 4.79 Å². The number of carbonyl (C=O) groups is 1. The van der Waals surface area contributed by atoms with Crippen molar-refractivity contribution < 1.29 is 9.53 Å². The molecule has 1 amide bonds. The van der Waals surface area contributed by atoms with Crippen molar-refractivity contribution in [2.45, 2.75) is 37.1 Å². The Balaban J connectivity index is 1.34. The zero-order valence-corrected chi connectivity index (χ0v) is 17.4. The number of benzene rings is 1. The highest BCUT2D eigenvalue weighted by Crippen LogP contribution is 2.29. The van der Waals surface area contributed by atoms with Crippen LogP contribution in [-0.4, -0.2) is 65.0 Å². The third kappa shape index (κ3) is 5.59. The molecule has 1 aliphatic rings. The molecule has 1 fully saturated rings. The molecule has 0 spiro atoms. The van der Waals surface area contributed by atoms with Crippen LogP contribution in [0.1, 0.15) is 27.2 Å². The third-order valence-corrected chi connectivity index (χ3v) is 6.41. The highest BCUT2D eigenvalue weighted by atomic mass is 32.2. The fourth-order valence-corrected chi connectivity index (χ4v) is 4.90. The smallest absolute Gasteiger partial charge is 0.410 e. The maximum Gasteiger partial charge on any atom is 0.410 e. The van der Waals surface area contributed by atoms with Crippen LogP contribution in [0.5, 0.6) is 0 Å². The lowest BCUT2D eigenvalue weighted by molar-refractivity contribution is 0.0146. The molecule has 0 saturated carbocycles. The normalized spacial score (nSPS) is 16.2. The second-order valence-electron chi connectivity index (χ2n) is 7.46. The molecule has 0 radical (unpaired) electrons. The van der Waals surface area contributed by atoms with E-state index < -0.39 is 5.60 Å². The molecule has 7 heteroatoms. The summed E-state index contributed by atoms with van der Waals surface area (Å²) in [7, 11) is 0. The number of carbonyl (C=O) groups excluding carboxylic acids is 1. The van der Waals surface area contributed by atoms with E-state index in [0.717, 1.165) is 54.8 Å². The van der Waals surface area contributed by atoms with E-state index in [2.05, 4.69) is 28.1 Å². The fraction of sp³-hybridized carbons (Fsp3) is 0.579. The van der Waals surface area contributed by atoms with Gasteiger partial charge in [0.25, 0.3) is 0 Å². The number of piperazine rings is 1. The van der Waals surface area contributed by atoms with Crippen molar-refractivity contribution >= 4 is 39.4 Å². The molecular weight excluding hydrogens is 366 g/mol. The van der Waals surface area contributed by atoms with Crippen LogP contribution in [0.15, 0.2) is 28.6 Å². The van der Waals surface area contributed by atoms with Crippen LogP contribution >= 0.6 is 23.1 Å². The number of hydrogen-bond donors (Lipinski definition) is 0. The van der Waals surface area contributed by atoms with Gasteiger partial charge in [-0.05, 0) is 45.9 Å². The van der Waals surface area contributed by atoms with Gasteiger partial charge in [-0.2, -0.15) is 0 Å². The SMILES string of the molecule is CC(C)(C)OC(=O)N1CCN(CCCSc2nc3ccccc3s2)CC1. The first kappa shape index (κ1) is 19.5. The highest BCUT2D eigenvalue weighted by molar-refractivity contribution is 8.01. The molecule has 0 bridgehead atoms. The molecule has 1 aromatic carbocycles. The third-order valence-electron chi connectivity index (χ3n) is 4.14. The summed E-state index contributed by atoms with van der Waals surface area (Å²) in [6.45, 7) is 10.1. The Kier molecular flexibility index (Phi) is 6.42. The number of amides is 1. The summed E-state index contributed by atoms with van der Waals surface area (Å²) in [5.74, 6) is 1.08. The summed E-state index contributed by atoms with van der Waals surface area (Å²) in [6, 6.07) is 8.29. The van der Waals surface area contributed by atoms with E-state index in [1.165, 1.54) is 4.70 Å². The van der Waals surface area contributed by atoms with Crippen LogP contribution in [0.25, 0.3) is 10.2 Å². The predicted octanol–water partition coefficient (Wildman–Crippen LogP) is 4.33. The molecule has 142 valence electrons. The number of hydrogen-bond acceptors (Lipinski definition) is 6. The van der Waals surface area contributed by atoms with Crippen molar-refractivity contribution in [3.05, 3.63) is 24.3 Å². The minimum absolute atomic E-state index is 0.191. The number of ether oxygens (including phenoxy) is 1. The first-order valence-corrected chi connectivity index (χ1v) is 10.9. The van der Waals surface area contributed by atoms with Crippen LogP contribution in [-0.2, 0) is 4.74 Å². The number of rotatable bonds is 5. The van der Waals surface area contributed by atoms with Gasteiger partial charge in [0.2, 0.25) is 0 Å². The number of thioether (sulfide) groups is 1. The van der Waals surface area contributed by atoms with E-state index in [1.807, 2.05) is 43.5 Å². The Labute approximate surface area is 163 Å². The predicted molar refractivity (Wildman–Crippen MR) is 109 cm³/mol. The largest absolute Gasteiger partial charge is 0.444 e. The van der Waals surface area contributed by atoms with E-state index in [1.54, 1.807) is 11.3 Å². The molecule has 0 aliphatic carbocycles. The lowest BCUT2D eigenvalue weighted by atomic mass is 10.2. The zero-order chi connectivity index (χ0) is 18.6. The van der Waals surface area contributed by atoms with Crippen LogP contribution in [0, 0.1) is 0 Å². The van der Waals surface area contributed by atoms with Crippen molar-refractivity contribution in [1.82, 2.24) is 14.8 Å². The van der Waals surface area contributed by atoms with Crippen molar-refractivity contribution in [3.63, 3.8) is 0 Å². The zero-order valence-electron chi connectivity index (χ0n) is 15.7. The van der Waals surface area contributed by atoms with E-state index in [-0.39, 0.29) is 6.09 Å². The summed E-state index contributed by atoms with van der Waals surface area (Å²) in [6.07, 6.45) is 0.941. The van der Waals surface area contributed by atoms with Gasteiger partial charge in [0.05, 0.1) is 10.2 Å². The van der Waals surface area contributed by atoms with Crippen molar-refractivity contribution in [2.75, 3.05) is 38.5 Å². The Morgan fingerprint density at radius 2 is 1.96 bits per heavy atom. The van der Waals surface area contributed by atoms with Gasteiger partial charge in [-0.1, -0.05) is 23.9 Å². The van der Waals surface area contributed by atoms with Gasteiger partial charge in [-0.3, -0.25) is 4.90 Å². The number of aromatic nitrogens is 1. The topological polar surface area (TPSA) is 45.7 Å². The molecular formula is C19H27N3O2S2. The van der Waals surface area contributed by atoms with E-state index in [4.69, 9.17) is 4.74 Å². The fourth-order valence-electron chi connectivity index (χ4n) is 2.84. The lowest BCUT2D eigenvalue weighted by Crippen LogP contribution is -2.50. The standard InChI is InChI=1S/C19H27N3O2S2/c1-19(2,3)24-18(23)22-12-10-21(11-13-22)9-6-14-25-17-20-15-7-4-5-8-16(15)26-17/h4-5,7-8H,6,9-14H2,1-3H3. The Morgan fingerprint density at radius 1 is 1.23 bits per heavy atom. The molecule has 26 heavy (non-hydrogen) atoms. The molecule has 0 atom stereocenters. The number of nitrogens with zero attached hydrogens (tertiary/aromatic N) is 3. The molecule has 5 nitrogen and oxygen atoms in total. The lowest BCUT2D eigenvalue weighted by Gasteiger charge is -2.35. The Hall–Kier alpha value is -1.31. The van der Waals surface area contributed by atoms with Gasteiger partial charge in [0.15, 0.2) is 4.34 Å². The second kappa shape index (κ2) is 8.59. The summed E-state index contributed by atoms with van der Waals surface area (Å²) < 4.78 is 7.86. The van der Waals surface area contributed by atoms with Gasteiger partial charge in [0.1, 0.15) is 5.60 Å². The second-order valence-corrected chi connectivity index (χ2v) is 9.83. The maximum absolute atomic E-state index is 12.1. The highest BCUT2D eigenvalue weighted by Gasteiger charge is 2.25. The van der Waals surface area contributed by atoms with E-state index >= 15 is 0 Å². The number of thiazole rings is 1. The number of para-hydroxylation sites is 1. The van der Waals surface area contributed by atoms with E-state index in [0.29, 0.717) is 0 Å². The first-order valence-electron chi connectivity index (χ1n) is 9.09. The molecule has 1 aliphatic heterocycles. The summed E-state index contributed by atoms with van der Waals surface area (Å²) in [4.78, 5) is 21.0.